The van der Waals surface area contributed by atoms with E-state index in [9.17, 15) is 14.7 Å². The number of esters is 2. The number of phenolic OH excluding ortho intramolecular Hbond substituents is 1. The van der Waals surface area contributed by atoms with Crippen molar-refractivity contribution >= 4 is 23.5 Å². The van der Waals surface area contributed by atoms with Crippen LogP contribution in [0, 0.1) is 0 Å². The van der Waals surface area contributed by atoms with Gasteiger partial charge >= 0.3 is 11.9 Å². The summed E-state index contributed by atoms with van der Waals surface area (Å²) in [6.07, 6.45) is 0. The van der Waals surface area contributed by atoms with Gasteiger partial charge in [0.15, 0.2) is 0 Å². The van der Waals surface area contributed by atoms with Gasteiger partial charge in [0.25, 0.3) is 0 Å². The Bertz CT molecular complexity index is 1380. The van der Waals surface area contributed by atoms with E-state index in [0.29, 0.717) is 32.8 Å². The Labute approximate surface area is 214 Å². The number of aromatic hydroxyl groups is 1. The molecule has 0 atom stereocenters. The van der Waals surface area contributed by atoms with Gasteiger partial charge in [-0.05, 0) is 42.7 Å². The molecule has 0 aliphatic rings. The summed E-state index contributed by atoms with van der Waals surface area (Å²) >= 11 is 6.14. The molecule has 0 heterocycles. The number of benzene rings is 4. The second kappa shape index (κ2) is 11.1. The van der Waals surface area contributed by atoms with E-state index >= 15 is 0 Å². The van der Waals surface area contributed by atoms with Crippen LogP contribution in [0.1, 0.15) is 34.6 Å². The van der Waals surface area contributed by atoms with Crippen LogP contribution in [-0.2, 0) is 9.47 Å². The average Bonchev–Trinajstić information content (AvgIpc) is 2.89. The molecule has 0 fully saturated rings. The van der Waals surface area contributed by atoms with Crippen LogP contribution < -0.4 is 0 Å². The summed E-state index contributed by atoms with van der Waals surface area (Å²) in [4.78, 5) is 27.0. The fraction of sp³-hybridized carbons (Fsp3) is 0.133. The SMILES string of the molecule is CCOC(=O)c1c(O)c(-c2ccc(Cl)cc2)c(-c2ccccc2)c(C(=O)OCC)c1-c1ccccc1. The third-order valence-corrected chi connectivity index (χ3v) is 5.94. The van der Waals surface area contributed by atoms with E-state index < -0.39 is 11.9 Å². The molecule has 0 unspecified atom stereocenters. The first-order valence-electron chi connectivity index (χ1n) is 11.6. The fourth-order valence-electron chi connectivity index (χ4n) is 4.23. The molecule has 0 spiro atoms. The first-order valence-corrected chi connectivity index (χ1v) is 12.0. The molecule has 0 radical (unpaired) electrons. The Kier molecular flexibility index (Phi) is 7.71. The highest BCUT2D eigenvalue weighted by Crippen LogP contribution is 2.49. The second-order valence-corrected chi connectivity index (χ2v) is 8.34. The van der Waals surface area contributed by atoms with E-state index in [2.05, 4.69) is 0 Å². The zero-order valence-corrected chi connectivity index (χ0v) is 20.7. The number of phenols is 1. The van der Waals surface area contributed by atoms with Gasteiger partial charge in [0.05, 0.1) is 18.8 Å². The molecule has 36 heavy (non-hydrogen) atoms. The predicted molar refractivity (Wildman–Crippen MR) is 141 cm³/mol. The molecular weight excluding hydrogens is 476 g/mol. The Hall–Kier alpha value is -4.09. The number of halogens is 1. The van der Waals surface area contributed by atoms with Gasteiger partial charge in [0, 0.05) is 21.7 Å². The number of carbonyl (C=O) groups is 2. The molecule has 0 aliphatic carbocycles. The van der Waals surface area contributed by atoms with E-state index in [1.165, 1.54) is 0 Å². The zero-order chi connectivity index (χ0) is 25.7. The van der Waals surface area contributed by atoms with Crippen LogP contribution in [0.2, 0.25) is 5.02 Å². The van der Waals surface area contributed by atoms with Crippen LogP contribution in [0.15, 0.2) is 84.9 Å². The standard InChI is InChI=1S/C30H25ClO5/c1-3-35-29(33)26-23(19-11-7-5-8-12-19)25(21-15-17-22(31)18-16-21)28(32)27(30(34)36-4-2)24(26)20-13-9-6-10-14-20/h5-18,32H,3-4H2,1-2H3. The Morgan fingerprint density at radius 2 is 1.08 bits per heavy atom. The van der Waals surface area contributed by atoms with Crippen molar-refractivity contribution in [3.8, 4) is 39.1 Å². The molecule has 4 aromatic rings. The Morgan fingerprint density at radius 1 is 0.639 bits per heavy atom. The smallest absolute Gasteiger partial charge is 0.342 e. The maximum absolute atomic E-state index is 13.6. The molecule has 4 rings (SSSR count). The molecule has 1 N–H and O–H groups in total. The second-order valence-electron chi connectivity index (χ2n) is 7.90. The van der Waals surface area contributed by atoms with Gasteiger partial charge in [-0.3, -0.25) is 0 Å². The highest BCUT2D eigenvalue weighted by Gasteiger charge is 2.33. The molecule has 6 heteroatoms. The Morgan fingerprint density at radius 3 is 1.58 bits per heavy atom. The zero-order valence-electron chi connectivity index (χ0n) is 20.0. The molecule has 0 bridgehead atoms. The largest absolute Gasteiger partial charge is 0.506 e. The van der Waals surface area contributed by atoms with Crippen molar-refractivity contribution < 1.29 is 24.2 Å². The van der Waals surface area contributed by atoms with E-state index in [4.69, 9.17) is 21.1 Å². The van der Waals surface area contributed by atoms with Crippen molar-refractivity contribution in [2.45, 2.75) is 13.8 Å². The molecule has 0 saturated carbocycles. The number of hydrogen-bond donors (Lipinski definition) is 1. The number of ether oxygens (including phenoxy) is 2. The highest BCUT2D eigenvalue weighted by molar-refractivity contribution is 6.30. The third kappa shape index (κ3) is 4.83. The lowest BCUT2D eigenvalue weighted by Gasteiger charge is -2.23. The lowest BCUT2D eigenvalue weighted by Crippen LogP contribution is -2.15. The topological polar surface area (TPSA) is 72.8 Å². The van der Waals surface area contributed by atoms with Crippen LogP contribution in [0.4, 0.5) is 0 Å². The maximum atomic E-state index is 13.6. The highest BCUT2D eigenvalue weighted by atomic mass is 35.5. The van der Waals surface area contributed by atoms with Gasteiger partial charge < -0.3 is 14.6 Å². The maximum Gasteiger partial charge on any atom is 0.342 e. The van der Waals surface area contributed by atoms with Crippen molar-refractivity contribution in [3.05, 3.63) is 101 Å². The van der Waals surface area contributed by atoms with Gasteiger partial charge in [-0.2, -0.15) is 0 Å². The van der Waals surface area contributed by atoms with Crippen molar-refractivity contribution in [2.75, 3.05) is 13.2 Å². The molecule has 0 aliphatic heterocycles. The van der Waals surface area contributed by atoms with Crippen molar-refractivity contribution in [1.82, 2.24) is 0 Å². The first-order chi connectivity index (χ1) is 17.5. The lowest BCUT2D eigenvalue weighted by atomic mass is 9.81. The molecule has 0 aromatic heterocycles. The van der Waals surface area contributed by atoms with E-state index in [0.717, 1.165) is 0 Å². The summed E-state index contributed by atoms with van der Waals surface area (Å²) in [5, 5.41) is 12.3. The molecule has 182 valence electrons. The lowest BCUT2D eigenvalue weighted by molar-refractivity contribution is 0.0524. The van der Waals surface area contributed by atoms with E-state index in [1.54, 1.807) is 62.4 Å². The van der Waals surface area contributed by atoms with Crippen LogP contribution >= 0.6 is 11.6 Å². The molecule has 4 aromatic carbocycles. The monoisotopic (exact) mass is 500 g/mol. The molecular formula is C30H25ClO5. The summed E-state index contributed by atoms with van der Waals surface area (Å²) in [6.45, 7) is 3.63. The van der Waals surface area contributed by atoms with Crippen molar-refractivity contribution in [1.29, 1.82) is 0 Å². The fourth-order valence-corrected chi connectivity index (χ4v) is 4.36. The van der Waals surface area contributed by atoms with Crippen LogP contribution in [0.25, 0.3) is 33.4 Å². The average molecular weight is 501 g/mol. The molecule has 0 amide bonds. The molecule has 0 saturated heterocycles. The van der Waals surface area contributed by atoms with Gasteiger partial charge in [0.1, 0.15) is 11.3 Å². The quantitative estimate of drug-likeness (QED) is 0.268. The van der Waals surface area contributed by atoms with E-state index in [-0.39, 0.29) is 35.7 Å². The Balaban J connectivity index is 2.26. The summed E-state index contributed by atoms with van der Waals surface area (Å²) in [7, 11) is 0. The number of carbonyl (C=O) groups excluding carboxylic acids is 2. The normalized spacial score (nSPS) is 10.6. The van der Waals surface area contributed by atoms with Crippen LogP contribution in [0.3, 0.4) is 0 Å². The van der Waals surface area contributed by atoms with Gasteiger partial charge in [-0.15, -0.1) is 0 Å². The minimum Gasteiger partial charge on any atom is -0.506 e. The van der Waals surface area contributed by atoms with Gasteiger partial charge in [-0.1, -0.05) is 84.4 Å². The third-order valence-electron chi connectivity index (χ3n) is 5.69. The predicted octanol–water partition coefficient (Wildman–Crippen LogP) is 7.40. The molecule has 5 nitrogen and oxygen atoms in total. The van der Waals surface area contributed by atoms with Crippen LogP contribution in [-0.4, -0.2) is 30.3 Å². The number of rotatable bonds is 7. The summed E-state index contributed by atoms with van der Waals surface area (Å²) in [6, 6.07) is 25.0. The van der Waals surface area contributed by atoms with Gasteiger partial charge in [-0.25, -0.2) is 9.59 Å². The van der Waals surface area contributed by atoms with Crippen molar-refractivity contribution in [2.24, 2.45) is 0 Å². The van der Waals surface area contributed by atoms with Crippen molar-refractivity contribution in [3.63, 3.8) is 0 Å². The summed E-state index contributed by atoms with van der Waals surface area (Å²) < 4.78 is 10.9. The first kappa shape index (κ1) is 25.0. The minimum atomic E-state index is -0.741. The minimum absolute atomic E-state index is 0.0952. The van der Waals surface area contributed by atoms with Gasteiger partial charge in [0.2, 0.25) is 0 Å². The summed E-state index contributed by atoms with van der Waals surface area (Å²) in [5.74, 6) is -1.65. The van der Waals surface area contributed by atoms with E-state index in [1.807, 2.05) is 36.4 Å². The van der Waals surface area contributed by atoms with Crippen LogP contribution in [0.5, 0.6) is 5.75 Å². The number of hydrogen-bond acceptors (Lipinski definition) is 5. The summed E-state index contributed by atoms with van der Waals surface area (Å²) in [5.41, 5.74) is 2.89.